The topological polar surface area (TPSA) is 81.8 Å². The third-order valence-corrected chi connectivity index (χ3v) is 6.56. The van der Waals surface area contributed by atoms with Crippen LogP contribution < -0.4 is 15.5 Å². The van der Waals surface area contributed by atoms with Crippen LogP contribution >= 0.6 is 0 Å². The van der Waals surface area contributed by atoms with Gasteiger partial charge in [0.25, 0.3) is 5.91 Å². The second kappa shape index (κ2) is 8.63. The quantitative estimate of drug-likeness (QED) is 0.665. The smallest absolute Gasteiger partial charge is 0.370 e. The largest absolute Gasteiger partial charge is 0.416 e. The van der Waals surface area contributed by atoms with Crippen molar-refractivity contribution in [2.45, 2.75) is 63.1 Å². The number of urea groups is 1. The van der Waals surface area contributed by atoms with E-state index in [1.165, 1.54) is 6.07 Å². The monoisotopic (exact) mass is 452 g/mol. The van der Waals surface area contributed by atoms with Crippen LogP contribution in [0.1, 0.15) is 56.9 Å². The van der Waals surface area contributed by atoms with E-state index in [2.05, 4.69) is 10.6 Å². The number of carbonyl (C=O) groups is 3. The van der Waals surface area contributed by atoms with Crippen molar-refractivity contribution >= 4 is 29.2 Å². The maximum atomic E-state index is 13.2. The number of nitrogens with zero attached hydrogens (tertiary/aromatic N) is 2. The Hall–Kier alpha value is -2.78. The molecule has 0 unspecified atom stereocenters. The van der Waals surface area contributed by atoms with E-state index < -0.39 is 29.2 Å². The highest BCUT2D eigenvalue weighted by Gasteiger charge is 2.52. The van der Waals surface area contributed by atoms with Crippen LogP contribution in [0.4, 0.5) is 29.3 Å². The Morgan fingerprint density at radius 3 is 2.41 bits per heavy atom. The molecule has 32 heavy (non-hydrogen) atoms. The number of halogens is 3. The Morgan fingerprint density at radius 1 is 1.06 bits per heavy atom. The Labute approximate surface area is 184 Å². The first kappa shape index (κ1) is 22.4. The van der Waals surface area contributed by atoms with Gasteiger partial charge in [-0.25, -0.2) is 4.79 Å². The van der Waals surface area contributed by atoms with Gasteiger partial charge in [-0.2, -0.15) is 13.2 Å². The maximum Gasteiger partial charge on any atom is 0.416 e. The van der Waals surface area contributed by atoms with Crippen molar-refractivity contribution in [2.24, 2.45) is 0 Å². The predicted molar refractivity (Wildman–Crippen MR) is 112 cm³/mol. The van der Waals surface area contributed by atoms with Crippen LogP contribution in [0.2, 0.25) is 0 Å². The van der Waals surface area contributed by atoms with E-state index in [4.69, 9.17) is 0 Å². The van der Waals surface area contributed by atoms with Crippen molar-refractivity contribution < 1.29 is 27.6 Å². The summed E-state index contributed by atoms with van der Waals surface area (Å²) >= 11 is 0. The fourth-order valence-electron chi connectivity index (χ4n) is 4.85. The minimum absolute atomic E-state index is 0.0937. The van der Waals surface area contributed by atoms with Gasteiger partial charge in [-0.05, 0) is 50.3 Å². The summed E-state index contributed by atoms with van der Waals surface area (Å²) in [6.45, 7) is 1.30. The molecule has 3 aliphatic rings. The van der Waals surface area contributed by atoms with Crippen molar-refractivity contribution in [3.05, 3.63) is 23.8 Å². The maximum absolute atomic E-state index is 13.2. The molecule has 2 N–H and O–H groups in total. The standard InChI is InChI=1S/C22H27F3N4O3/c23-22(24,25)15-6-7-17(28-11-4-1-5-12-28)16(14-15)26-18(30)8-13-29-19(31)21(27-20(29)32)9-2-3-10-21/h6-7,14H,1-5,8-13H2,(H,26,30)(H,27,32). The van der Waals surface area contributed by atoms with Gasteiger partial charge in [0.1, 0.15) is 5.54 Å². The van der Waals surface area contributed by atoms with Crippen molar-refractivity contribution in [1.82, 2.24) is 10.2 Å². The molecule has 1 saturated carbocycles. The van der Waals surface area contributed by atoms with E-state index in [9.17, 15) is 27.6 Å². The molecule has 0 bridgehead atoms. The minimum atomic E-state index is -4.53. The zero-order chi connectivity index (χ0) is 22.9. The van der Waals surface area contributed by atoms with Crippen LogP contribution in [0.15, 0.2) is 18.2 Å². The van der Waals surface area contributed by atoms with Gasteiger partial charge in [-0.15, -0.1) is 0 Å². The van der Waals surface area contributed by atoms with E-state index in [0.29, 0.717) is 31.6 Å². The van der Waals surface area contributed by atoms with Crippen LogP contribution in [-0.4, -0.2) is 47.9 Å². The Kier molecular flexibility index (Phi) is 6.05. The molecule has 10 heteroatoms. The molecule has 1 spiro atoms. The third-order valence-electron chi connectivity index (χ3n) is 6.56. The molecule has 1 aromatic carbocycles. The number of imide groups is 1. The average Bonchev–Trinajstić information content (AvgIpc) is 3.31. The van der Waals surface area contributed by atoms with Gasteiger partial charge in [-0.3, -0.25) is 14.5 Å². The zero-order valence-electron chi connectivity index (χ0n) is 17.8. The van der Waals surface area contributed by atoms with E-state index in [1.54, 1.807) is 0 Å². The Bertz CT molecular complexity index is 906. The summed E-state index contributed by atoms with van der Waals surface area (Å²) in [5.74, 6) is -0.864. The molecule has 1 aromatic rings. The highest BCUT2D eigenvalue weighted by molar-refractivity contribution is 6.07. The summed E-state index contributed by atoms with van der Waals surface area (Å²) < 4.78 is 39.7. The van der Waals surface area contributed by atoms with E-state index in [0.717, 1.165) is 49.1 Å². The number of hydrogen-bond donors (Lipinski definition) is 2. The molecule has 0 atom stereocenters. The van der Waals surface area contributed by atoms with Crippen molar-refractivity contribution in [1.29, 1.82) is 0 Å². The first-order chi connectivity index (χ1) is 15.2. The average molecular weight is 452 g/mol. The lowest BCUT2D eigenvalue weighted by Gasteiger charge is -2.31. The molecule has 7 nitrogen and oxygen atoms in total. The predicted octanol–water partition coefficient (Wildman–Crippen LogP) is 3.89. The van der Waals surface area contributed by atoms with Gasteiger partial charge < -0.3 is 15.5 Å². The first-order valence-electron chi connectivity index (χ1n) is 11.1. The summed E-state index contributed by atoms with van der Waals surface area (Å²) in [5, 5.41) is 5.34. The van der Waals surface area contributed by atoms with Gasteiger partial charge in [0, 0.05) is 26.1 Å². The van der Waals surface area contributed by atoms with Crippen molar-refractivity contribution in [2.75, 3.05) is 29.9 Å². The molecule has 174 valence electrons. The second-order valence-electron chi connectivity index (χ2n) is 8.75. The summed E-state index contributed by atoms with van der Waals surface area (Å²) in [5.41, 5.74) is -1.05. The molecular formula is C22H27F3N4O3. The van der Waals surface area contributed by atoms with E-state index in [1.807, 2.05) is 4.90 Å². The van der Waals surface area contributed by atoms with Crippen LogP contribution in [-0.2, 0) is 15.8 Å². The lowest BCUT2D eigenvalue weighted by Crippen LogP contribution is -2.44. The molecule has 2 saturated heterocycles. The molecule has 2 aliphatic heterocycles. The van der Waals surface area contributed by atoms with Crippen molar-refractivity contribution in [3.63, 3.8) is 0 Å². The van der Waals surface area contributed by atoms with Gasteiger partial charge in [0.15, 0.2) is 0 Å². The number of benzene rings is 1. The number of rotatable bonds is 5. The highest BCUT2D eigenvalue weighted by Crippen LogP contribution is 2.37. The first-order valence-corrected chi connectivity index (χ1v) is 11.1. The number of alkyl halides is 3. The van der Waals surface area contributed by atoms with Gasteiger partial charge in [0.05, 0.1) is 16.9 Å². The minimum Gasteiger partial charge on any atom is -0.370 e. The van der Waals surface area contributed by atoms with E-state index >= 15 is 0 Å². The SMILES string of the molecule is O=C(CCN1C(=O)NC2(CCCC2)C1=O)Nc1cc(C(F)(F)F)ccc1N1CCCCC1. The summed E-state index contributed by atoms with van der Waals surface area (Å²) in [6.07, 6.45) is 1.09. The fourth-order valence-corrected chi connectivity index (χ4v) is 4.85. The molecule has 1 aliphatic carbocycles. The summed E-state index contributed by atoms with van der Waals surface area (Å²) in [7, 11) is 0. The number of nitrogens with one attached hydrogen (secondary N) is 2. The number of amides is 4. The van der Waals surface area contributed by atoms with Crippen LogP contribution in [0.3, 0.4) is 0 Å². The molecular weight excluding hydrogens is 425 g/mol. The van der Waals surface area contributed by atoms with Crippen molar-refractivity contribution in [3.8, 4) is 0 Å². The van der Waals surface area contributed by atoms with Crippen LogP contribution in [0, 0.1) is 0 Å². The lowest BCUT2D eigenvalue weighted by molar-refractivity contribution is -0.137. The zero-order valence-corrected chi connectivity index (χ0v) is 17.8. The molecule has 3 fully saturated rings. The van der Waals surface area contributed by atoms with Crippen LogP contribution in [0.25, 0.3) is 0 Å². The highest BCUT2D eigenvalue weighted by atomic mass is 19.4. The van der Waals surface area contributed by atoms with Gasteiger partial charge in [-0.1, -0.05) is 12.8 Å². The summed E-state index contributed by atoms with van der Waals surface area (Å²) in [4.78, 5) is 40.6. The molecule has 4 amide bonds. The number of hydrogen-bond acceptors (Lipinski definition) is 4. The van der Waals surface area contributed by atoms with Crippen LogP contribution in [0.5, 0.6) is 0 Å². The Balaban J connectivity index is 1.46. The number of piperidine rings is 1. The molecule has 0 radical (unpaired) electrons. The fraction of sp³-hybridized carbons (Fsp3) is 0.591. The normalized spacial score (nSPS) is 20.7. The van der Waals surface area contributed by atoms with E-state index in [-0.39, 0.29) is 24.6 Å². The number of carbonyl (C=O) groups excluding carboxylic acids is 3. The second-order valence-corrected chi connectivity index (χ2v) is 8.75. The number of anilines is 2. The third kappa shape index (κ3) is 4.40. The molecule has 4 rings (SSSR count). The van der Waals surface area contributed by atoms with Gasteiger partial charge >= 0.3 is 12.2 Å². The Morgan fingerprint density at radius 2 is 1.75 bits per heavy atom. The van der Waals surface area contributed by atoms with Gasteiger partial charge in [0.2, 0.25) is 5.91 Å². The molecule has 0 aromatic heterocycles. The molecule has 2 heterocycles. The summed E-state index contributed by atoms with van der Waals surface area (Å²) in [6, 6.07) is 2.85. The lowest BCUT2D eigenvalue weighted by atomic mass is 9.98.